The van der Waals surface area contributed by atoms with Gasteiger partial charge in [0.1, 0.15) is 11.3 Å². The molecule has 0 spiro atoms. The van der Waals surface area contributed by atoms with E-state index in [0.717, 1.165) is 0 Å². The summed E-state index contributed by atoms with van der Waals surface area (Å²) in [5, 5.41) is 19.0. The molecule has 8 heteroatoms. The van der Waals surface area contributed by atoms with Gasteiger partial charge >= 0.3 is 11.4 Å². The second kappa shape index (κ2) is 3.40. The van der Waals surface area contributed by atoms with Crippen LogP contribution in [0.25, 0.3) is 0 Å². The number of pyridine rings is 1. The topological polar surface area (TPSA) is 96.2 Å². The molecule has 0 amide bonds. The van der Waals surface area contributed by atoms with Crippen LogP contribution >= 0.6 is 0 Å². The van der Waals surface area contributed by atoms with Crippen molar-refractivity contribution < 1.29 is 18.8 Å². The van der Waals surface area contributed by atoms with E-state index in [2.05, 4.69) is 0 Å². The number of nitrogens with zero attached hydrogens (tertiary/aromatic N) is 1. The fourth-order valence-electron chi connectivity index (χ4n) is 0.853. The molecule has 0 aliphatic carbocycles. The molecule has 14 heavy (non-hydrogen) atoms. The van der Waals surface area contributed by atoms with E-state index in [1.807, 2.05) is 0 Å². The van der Waals surface area contributed by atoms with Crippen molar-refractivity contribution in [2.75, 3.05) is 0 Å². The van der Waals surface area contributed by atoms with Gasteiger partial charge in [-0.15, -0.1) is 0 Å². The third-order valence-electron chi connectivity index (χ3n) is 1.45. The van der Waals surface area contributed by atoms with Gasteiger partial charge in [0.2, 0.25) is 0 Å². The highest BCUT2D eigenvalue weighted by atomic mass is 19.3. The van der Waals surface area contributed by atoms with Crippen molar-refractivity contribution in [3.8, 4) is 5.75 Å². The van der Waals surface area contributed by atoms with Gasteiger partial charge in [0.05, 0.1) is 6.07 Å². The van der Waals surface area contributed by atoms with Crippen LogP contribution in [0.15, 0.2) is 10.9 Å². The van der Waals surface area contributed by atoms with Crippen LogP contribution in [0.3, 0.4) is 0 Å². The highest BCUT2D eigenvalue weighted by molar-refractivity contribution is 5.37. The Morgan fingerprint density at radius 2 is 2.14 bits per heavy atom. The van der Waals surface area contributed by atoms with E-state index in [1.165, 1.54) is 0 Å². The number of H-pyrrole nitrogens is 1. The summed E-state index contributed by atoms with van der Waals surface area (Å²) in [6.45, 7) is 0. The maximum atomic E-state index is 12.1. The molecule has 0 unspecified atom stereocenters. The maximum absolute atomic E-state index is 12.1. The third-order valence-corrected chi connectivity index (χ3v) is 1.45. The molecule has 6 nitrogen and oxygen atoms in total. The van der Waals surface area contributed by atoms with Gasteiger partial charge in [-0.25, -0.2) is 18.6 Å². The molecule has 1 aromatic heterocycles. The summed E-state index contributed by atoms with van der Waals surface area (Å²) in [7, 11) is 0. The molecular weight excluding hydrogens is 202 g/mol. The fourth-order valence-corrected chi connectivity index (χ4v) is 0.853. The van der Waals surface area contributed by atoms with Crippen molar-refractivity contribution >= 4 is 5.82 Å². The summed E-state index contributed by atoms with van der Waals surface area (Å²) in [6.07, 6.45) is -3.18. The van der Waals surface area contributed by atoms with Gasteiger partial charge in [0.25, 0.3) is 6.43 Å². The first kappa shape index (κ1) is 10.1. The standard InChI is InChI=1S/C6H4F2N2O4/c7-5(8)4-2(11)1-3(10(13)14)9-6(4)12/h1,5H,(H2,9,11,12). The van der Waals surface area contributed by atoms with E-state index >= 15 is 0 Å². The van der Waals surface area contributed by atoms with Crippen molar-refractivity contribution in [3.05, 3.63) is 32.1 Å². The number of alkyl halides is 2. The van der Waals surface area contributed by atoms with E-state index in [0.29, 0.717) is 6.07 Å². The second-order valence-corrected chi connectivity index (χ2v) is 2.34. The van der Waals surface area contributed by atoms with Crippen molar-refractivity contribution in [1.82, 2.24) is 4.98 Å². The Morgan fingerprint density at radius 1 is 1.57 bits per heavy atom. The molecule has 0 bridgehead atoms. The van der Waals surface area contributed by atoms with Crippen molar-refractivity contribution in [2.24, 2.45) is 0 Å². The normalized spacial score (nSPS) is 10.5. The fraction of sp³-hybridized carbons (Fsp3) is 0.167. The zero-order valence-electron chi connectivity index (χ0n) is 6.53. The molecule has 0 fully saturated rings. The van der Waals surface area contributed by atoms with Crippen LogP contribution in [0.2, 0.25) is 0 Å². The van der Waals surface area contributed by atoms with Crippen LogP contribution in [0.1, 0.15) is 12.0 Å². The largest absolute Gasteiger partial charge is 0.507 e. The Bertz CT molecular complexity index is 428. The van der Waals surface area contributed by atoms with Crippen molar-refractivity contribution in [2.45, 2.75) is 6.43 Å². The molecular formula is C6H4F2N2O4. The summed E-state index contributed by atoms with van der Waals surface area (Å²) in [6, 6.07) is 0.461. The van der Waals surface area contributed by atoms with Gasteiger partial charge in [-0.3, -0.25) is 0 Å². The molecule has 1 rings (SSSR count). The van der Waals surface area contributed by atoms with Crippen LogP contribution in [0, 0.1) is 10.1 Å². The first-order chi connectivity index (χ1) is 6.43. The minimum atomic E-state index is -3.18. The monoisotopic (exact) mass is 206 g/mol. The van der Waals surface area contributed by atoms with Crippen LogP contribution in [-0.4, -0.2) is 15.0 Å². The van der Waals surface area contributed by atoms with Crippen LogP contribution in [0.5, 0.6) is 5.75 Å². The first-order valence-electron chi connectivity index (χ1n) is 3.32. The quantitative estimate of drug-likeness (QED) is 0.555. The zero-order chi connectivity index (χ0) is 10.9. The lowest BCUT2D eigenvalue weighted by Gasteiger charge is -2.00. The molecule has 1 heterocycles. The van der Waals surface area contributed by atoms with E-state index in [1.54, 1.807) is 4.98 Å². The lowest BCUT2D eigenvalue weighted by atomic mass is 10.2. The Balaban J connectivity index is 3.40. The highest BCUT2D eigenvalue weighted by Crippen LogP contribution is 2.26. The first-order valence-corrected chi connectivity index (χ1v) is 3.32. The lowest BCUT2D eigenvalue weighted by molar-refractivity contribution is -0.389. The van der Waals surface area contributed by atoms with Gasteiger partial charge in [0, 0.05) is 0 Å². The molecule has 2 N–H and O–H groups in total. The van der Waals surface area contributed by atoms with E-state index in [-0.39, 0.29) is 0 Å². The SMILES string of the molecule is O=c1[nH]c([N+](=O)[O-])cc(O)c1C(F)F. The second-order valence-electron chi connectivity index (χ2n) is 2.34. The number of aromatic hydroxyl groups is 1. The summed E-state index contributed by atoms with van der Waals surface area (Å²) in [5.41, 5.74) is -2.54. The van der Waals surface area contributed by atoms with Crippen molar-refractivity contribution in [3.63, 3.8) is 0 Å². The lowest BCUT2D eigenvalue weighted by Crippen LogP contribution is -2.14. The number of hydrogen-bond donors (Lipinski definition) is 2. The van der Waals surface area contributed by atoms with E-state index in [4.69, 9.17) is 5.11 Å². The average Bonchev–Trinajstić information content (AvgIpc) is 2.01. The number of halogens is 2. The molecule has 0 radical (unpaired) electrons. The highest BCUT2D eigenvalue weighted by Gasteiger charge is 2.22. The summed E-state index contributed by atoms with van der Waals surface area (Å²) < 4.78 is 24.1. The number of nitro groups is 1. The average molecular weight is 206 g/mol. The Hall–Kier alpha value is -1.99. The molecule has 0 saturated carbocycles. The molecule has 1 aromatic rings. The third kappa shape index (κ3) is 1.68. The molecule has 0 aliphatic heterocycles. The Kier molecular flexibility index (Phi) is 2.45. The van der Waals surface area contributed by atoms with Gasteiger partial charge in [-0.1, -0.05) is 0 Å². The summed E-state index contributed by atoms with van der Waals surface area (Å²) in [4.78, 5) is 21.5. The number of rotatable bonds is 2. The number of aromatic nitrogens is 1. The minimum Gasteiger partial charge on any atom is -0.507 e. The van der Waals surface area contributed by atoms with Gasteiger partial charge < -0.3 is 15.2 Å². The van der Waals surface area contributed by atoms with Crippen molar-refractivity contribution in [1.29, 1.82) is 0 Å². The smallest absolute Gasteiger partial charge is 0.344 e. The number of nitrogens with one attached hydrogen (secondary N) is 1. The summed E-state index contributed by atoms with van der Waals surface area (Å²) >= 11 is 0. The number of hydrogen-bond acceptors (Lipinski definition) is 4. The zero-order valence-corrected chi connectivity index (χ0v) is 6.53. The molecule has 76 valence electrons. The molecule has 0 saturated heterocycles. The Labute approximate surface area is 75.0 Å². The van der Waals surface area contributed by atoms with Gasteiger partial charge in [-0.05, 0) is 4.92 Å². The number of aromatic amines is 1. The van der Waals surface area contributed by atoms with Gasteiger partial charge in [-0.2, -0.15) is 0 Å². The molecule has 0 aromatic carbocycles. The predicted molar refractivity (Wildman–Crippen MR) is 40.3 cm³/mol. The van der Waals surface area contributed by atoms with Gasteiger partial charge in [0.15, 0.2) is 0 Å². The van der Waals surface area contributed by atoms with Crippen LogP contribution in [-0.2, 0) is 0 Å². The minimum absolute atomic E-state index is 0.461. The van der Waals surface area contributed by atoms with Crippen LogP contribution < -0.4 is 5.56 Å². The molecule has 0 atom stereocenters. The molecule has 0 aliphatic rings. The van der Waals surface area contributed by atoms with Crippen LogP contribution in [0.4, 0.5) is 14.6 Å². The van der Waals surface area contributed by atoms with E-state index < -0.39 is 34.0 Å². The van der Waals surface area contributed by atoms with E-state index in [9.17, 15) is 23.7 Å². The predicted octanol–water partition coefficient (Wildman–Crippen LogP) is 0.926. The maximum Gasteiger partial charge on any atom is 0.344 e. The Morgan fingerprint density at radius 3 is 2.50 bits per heavy atom. The summed E-state index contributed by atoms with van der Waals surface area (Å²) in [5.74, 6) is -1.92.